The molecule has 0 spiro atoms. The van der Waals surface area contributed by atoms with Crippen LogP contribution in [0.4, 0.5) is 0 Å². The first-order valence-electron chi connectivity index (χ1n) is 0.783. The van der Waals surface area contributed by atoms with Crippen molar-refractivity contribution in [3.63, 3.8) is 0 Å². The zero-order valence-electron chi connectivity index (χ0n) is 2.20. The van der Waals surface area contributed by atoms with Crippen LogP contribution in [0.5, 0.6) is 0 Å². The van der Waals surface area contributed by atoms with Crippen molar-refractivity contribution in [3.05, 3.63) is 0 Å². The van der Waals surface area contributed by atoms with E-state index in [9.17, 15) is 0 Å². The molecule has 0 amide bonds. The van der Waals surface area contributed by atoms with Crippen molar-refractivity contribution in [1.82, 2.24) is 0 Å². The third kappa shape index (κ3) is 36.8. The molecule has 0 saturated heterocycles. The second-order valence-electron chi connectivity index (χ2n) is 0.513. The Morgan fingerprint density at radius 1 is 1.17 bits per heavy atom. The molecule has 0 unspecified atom stereocenters. The van der Waals surface area contributed by atoms with Gasteiger partial charge >= 0.3 is 88.7 Å². The van der Waals surface area contributed by atoms with Crippen LogP contribution < -0.4 is 0 Å². The normalized spacial score (nSPS) is 9.83. The zero-order valence-corrected chi connectivity index (χ0v) is 4.07. The molecule has 4 nitrogen and oxygen atoms in total. The van der Waals surface area contributed by atoms with Crippen LogP contribution in [0.15, 0.2) is 0 Å². The average Bonchev–Trinajstić information content (AvgIpc) is 0.722. The second-order valence-corrected chi connectivity index (χ2v) is 2.67. The minimum absolute atomic E-state index is 0. The van der Waals surface area contributed by atoms with E-state index in [2.05, 4.69) is 0 Å². The minimum atomic E-state index is -5.12. The monoisotopic (exact) mass is 228 g/mol. The Morgan fingerprint density at radius 3 is 1.17 bits per heavy atom. The molecule has 0 aromatic heterocycles. The first-order chi connectivity index (χ1) is 2.00. The fourth-order valence-electron chi connectivity index (χ4n) is 0. The summed E-state index contributed by atoms with van der Waals surface area (Å²) in [6.07, 6.45) is 0. The van der Waals surface area contributed by atoms with Gasteiger partial charge in [0.15, 0.2) is 0 Å². The van der Waals surface area contributed by atoms with Gasteiger partial charge in [0.25, 0.3) is 0 Å². The van der Waals surface area contributed by atoms with E-state index in [1.807, 2.05) is 0 Å². The fraction of sp³-hybridized carbons (Fsp3) is 0. The van der Waals surface area contributed by atoms with Gasteiger partial charge < -0.3 is 0 Å². The summed E-state index contributed by atoms with van der Waals surface area (Å²) in [5.41, 5.74) is 0. The van der Waals surface area contributed by atoms with Crippen LogP contribution in [0.3, 0.4) is 0 Å². The second kappa shape index (κ2) is 3.98. The summed E-state index contributed by atoms with van der Waals surface area (Å²) < 4.78 is 30.7. The molecular formula is H4AsO4Rb. The third-order valence-corrected chi connectivity index (χ3v) is 0. The molecule has 0 aliphatic rings. The van der Waals surface area contributed by atoms with Crippen molar-refractivity contribution >= 4 is 72.7 Å². The summed E-state index contributed by atoms with van der Waals surface area (Å²) in [7, 11) is 0. The first-order valence-corrected chi connectivity index (χ1v) is 4.07. The van der Waals surface area contributed by atoms with Crippen molar-refractivity contribution in [1.29, 1.82) is 0 Å². The Kier molecular flexibility index (Phi) is 7.24. The molecule has 6 heteroatoms. The molecule has 0 aliphatic heterocycles. The van der Waals surface area contributed by atoms with Crippen LogP contribution in [0.2, 0.25) is 0 Å². The van der Waals surface area contributed by atoms with Crippen molar-refractivity contribution in [3.8, 4) is 0 Å². The van der Waals surface area contributed by atoms with Crippen LogP contribution in [0, 0.1) is 0 Å². The van der Waals surface area contributed by atoms with Gasteiger partial charge in [-0.3, -0.25) is 0 Å². The van der Waals surface area contributed by atoms with E-state index in [0.717, 1.165) is 0 Å². The van der Waals surface area contributed by atoms with Gasteiger partial charge in [0, 0.05) is 0 Å². The van der Waals surface area contributed by atoms with Crippen molar-refractivity contribution in [2.45, 2.75) is 0 Å². The molecule has 0 aromatic carbocycles. The number of rotatable bonds is 0. The summed E-state index contributed by atoms with van der Waals surface area (Å²) in [6.45, 7) is 0. The molecule has 0 aromatic rings. The quantitative estimate of drug-likeness (QED) is 0.391. The predicted molar refractivity (Wildman–Crippen MR) is 20.2 cm³/mol. The fourth-order valence-corrected chi connectivity index (χ4v) is 0. The van der Waals surface area contributed by atoms with Gasteiger partial charge in [0.05, 0.1) is 0 Å². The zero-order chi connectivity index (χ0) is 4.50. The van der Waals surface area contributed by atoms with Crippen LogP contribution in [0.25, 0.3) is 0 Å². The topological polar surface area (TPSA) is 77.8 Å². The van der Waals surface area contributed by atoms with Gasteiger partial charge in [-0.2, -0.15) is 0 Å². The Morgan fingerprint density at radius 2 is 1.17 bits per heavy atom. The van der Waals surface area contributed by atoms with Gasteiger partial charge in [0.2, 0.25) is 0 Å². The predicted octanol–water partition coefficient (Wildman–Crippen LogP) is -2.82. The van der Waals surface area contributed by atoms with Crippen molar-refractivity contribution in [2.24, 2.45) is 0 Å². The van der Waals surface area contributed by atoms with Gasteiger partial charge in [-0.25, -0.2) is 0 Å². The SMILES string of the molecule is O=[As](O)(O)O.[RbH]. The summed E-state index contributed by atoms with van der Waals surface area (Å²) in [6, 6.07) is 0. The van der Waals surface area contributed by atoms with Gasteiger partial charge in [0.1, 0.15) is 0 Å². The Labute approximate surface area is 86.7 Å². The van der Waals surface area contributed by atoms with E-state index >= 15 is 0 Å². The average molecular weight is 228 g/mol. The molecule has 0 aliphatic carbocycles. The third-order valence-electron chi connectivity index (χ3n) is 0. The summed E-state index contributed by atoms with van der Waals surface area (Å²) in [5, 5.41) is 0. The van der Waals surface area contributed by atoms with E-state index in [-0.39, 0.29) is 58.2 Å². The molecule has 0 rings (SSSR count). The Balaban J connectivity index is 0. The molecule has 0 saturated carbocycles. The van der Waals surface area contributed by atoms with Crippen LogP contribution in [0.1, 0.15) is 0 Å². The maximum atomic E-state index is 8.94. The van der Waals surface area contributed by atoms with Crippen molar-refractivity contribution < 1.29 is 16.0 Å². The molecular weight excluding hydrogens is 224 g/mol. The molecule has 0 radical (unpaired) electrons. The number of hydrogen-bond donors (Lipinski definition) is 3. The molecule has 6 heavy (non-hydrogen) atoms. The summed E-state index contributed by atoms with van der Waals surface area (Å²) >= 11 is -5.12. The first kappa shape index (κ1) is 10.9. The molecule has 0 heterocycles. The molecule has 0 bridgehead atoms. The van der Waals surface area contributed by atoms with E-state index in [1.54, 1.807) is 0 Å². The van der Waals surface area contributed by atoms with E-state index in [1.165, 1.54) is 0 Å². The maximum absolute atomic E-state index is 8.94. The summed E-state index contributed by atoms with van der Waals surface area (Å²) in [4.78, 5) is 0. The van der Waals surface area contributed by atoms with Gasteiger partial charge in [-0.05, 0) is 0 Å². The summed E-state index contributed by atoms with van der Waals surface area (Å²) in [5.74, 6) is 0. The van der Waals surface area contributed by atoms with Crippen LogP contribution in [-0.2, 0) is 3.74 Å². The molecule has 0 fully saturated rings. The van der Waals surface area contributed by atoms with Gasteiger partial charge in [-0.15, -0.1) is 0 Å². The van der Waals surface area contributed by atoms with Crippen molar-refractivity contribution in [2.75, 3.05) is 0 Å². The Hall–Kier alpha value is 2.04. The van der Waals surface area contributed by atoms with Gasteiger partial charge in [-0.1, -0.05) is 0 Å². The molecule has 3 N–H and O–H groups in total. The van der Waals surface area contributed by atoms with Crippen LogP contribution >= 0.6 is 0 Å². The molecule has 0 atom stereocenters. The number of hydrogen-bond acceptors (Lipinski definition) is 1. The van der Waals surface area contributed by atoms with E-state index in [4.69, 9.17) is 16.0 Å². The molecule has 34 valence electrons. The van der Waals surface area contributed by atoms with E-state index < -0.39 is 14.5 Å². The standard InChI is InChI=1S/AsH3O4.Rb.H/c2-1(3,4)5;;/h(H3,2,3,4,5);;. The van der Waals surface area contributed by atoms with E-state index in [0.29, 0.717) is 0 Å². The van der Waals surface area contributed by atoms with Crippen LogP contribution in [-0.4, -0.2) is 85.0 Å². The Bertz CT molecular complexity index is 53.7.